The van der Waals surface area contributed by atoms with Gasteiger partial charge in [0.05, 0.1) is 18.9 Å². The highest BCUT2D eigenvalue weighted by molar-refractivity contribution is 6.02. The number of rotatable bonds is 6. The van der Waals surface area contributed by atoms with Crippen LogP contribution in [0.15, 0.2) is 65.4 Å². The van der Waals surface area contributed by atoms with Gasteiger partial charge < -0.3 is 19.8 Å². The van der Waals surface area contributed by atoms with E-state index >= 15 is 0 Å². The lowest BCUT2D eigenvalue weighted by Gasteiger charge is -2.07. The van der Waals surface area contributed by atoms with Gasteiger partial charge >= 0.3 is 0 Å². The Morgan fingerprint density at radius 3 is 2.50 bits per heavy atom. The Morgan fingerprint density at radius 2 is 1.88 bits per heavy atom. The highest BCUT2D eigenvalue weighted by atomic mass is 16.5. The summed E-state index contributed by atoms with van der Waals surface area (Å²) >= 11 is 0. The number of nitrogens with one attached hydrogen (secondary N) is 2. The maximum absolute atomic E-state index is 12.1. The molecule has 2 amide bonds. The number of carbonyl (C=O) groups excluding carboxylic acids is 2. The van der Waals surface area contributed by atoms with Crippen molar-refractivity contribution in [2.45, 2.75) is 6.54 Å². The molecule has 7 heteroatoms. The van der Waals surface area contributed by atoms with Crippen LogP contribution < -0.4 is 15.4 Å². The molecule has 2 aromatic heterocycles. The first-order valence-electron chi connectivity index (χ1n) is 7.88. The molecule has 3 rings (SSSR count). The monoisotopic (exact) mass is 351 g/mol. The summed E-state index contributed by atoms with van der Waals surface area (Å²) < 4.78 is 10.0. The van der Waals surface area contributed by atoms with Gasteiger partial charge in [0.15, 0.2) is 5.76 Å². The fourth-order valence-electron chi connectivity index (χ4n) is 2.23. The van der Waals surface area contributed by atoms with E-state index in [0.717, 1.165) is 5.56 Å². The van der Waals surface area contributed by atoms with Crippen molar-refractivity contribution in [3.05, 3.63) is 77.9 Å². The van der Waals surface area contributed by atoms with Crippen LogP contribution in [0, 0.1) is 0 Å². The number of nitrogens with zero attached hydrogens (tertiary/aromatic N) is 1. The van der Waals surface area contributed by atoms with Gasteiger partial charge in [0.2, 0.25) is 5.88 Å². The lowest BCUT2D eigenvalue weighted by molar-refractivity contribution is 0.0949. The molecular formula is C19H17N3O4. The van der Waals surface area contributed by atoms with Crippen molar-refractivity contribution in [2.24, 2.45) is 0 Å². The van der Waals surface area contributed by atoms with Crippen molar-refractivity contribution in [1.82, 2.24) is 10.3 Å². The molecule has 0 aliphatic carbocycles. The van der Waals surface area contributed by atoms with Crippen molar-refractivity contribution in [3.8, 4) is 5.88 Å². The second-order valence-electron chi connectivity index (χ2n) is 5.40. The Labute approximate surface area is 150 Å². The molecule has 26 heavy (non-hydrogen) atoms. The molecule has 0 fully saturated rings. The van der Waals surface area contributed by atoms with Gasteiger partial charge in [0.1, 0.15) is 0 Å². The molecule has 0 spiro atoms. The van der Waals surface area contributed by atoms with Gasteiger partial charge in [-0.2, -0.15) is 0 Å². The quantitative estimate of drug-likeness (QED) is 0.712. The third kappa shape index (κ3) is 4.27. The molecule has 0 atom stereocenters. The number of ether oxygens (including phenoxy) is 1. The molecule has 1 aromatic carbocycles. The van der Waals surface area contributed by atoms with Crippen LogP contribution in [0.1, 0.15) is 26.5 Å². The van der Waals surface area contributed by atoms with Gasteiger partial charge in [-0.25, -0.2) is 4.98 Å². The largest absolute Gasteiger partial charge is 0.481 e. The summed E-state index contributed by atoms with van der Waals surface area (Å²) in [5, 5.41) is 5.55. The topological polar surface area (TPSA) is 93.5 Å². The number of aromatic nitrogens is 1. The fraction of sp³-hybridized carbons (Fsp3) is 0.105. The van der Waals surface area contributed by atoms with Crippen molar-refractivity contribution in [1.29, 1.82) is 0 Å². The number of amides is 2. The van der Waals surface area contributed by atoms with E-state index in [9.17, 15) is 9.59 Å². The molecule has 0 saturated heterocycles. The van der Waals surface area contributed by atoms with E-state index in [-0.39, 0.29) is 17.6 Å². The van der Waals surface area contributed by atoms with Gasteiger partial charge in [0, 0.05) is 24.5 Å². The number of furan rings is 1. The summed E-state index contributed by atoms with van der Waals surface area (Å²) in [6.07, 6.45) is 2.90. The number of methoxy groups -OCH3 is 1. The Hall–Kier alpha value is -3.61. The minimum atomic E-state index is -0.317. The Kier molecular flexibility index (Phi) is 5.28. The predicted molar refractivity (Wildman–Crippen MR) is 95.1 cm³/mol. The molecule has 0 unspecified atom stereocenters. The average Bonchev–Trinajstić information content (AvgIpc) is 3.22. The van der Waals surface area contributed by atoms with Gasteiger partial charge in [-0.15, -0.1) is 0 Å². The zero-order valence-corrected chi connectivity index (χ0v) is 14.1. The molecule has 0 aliphatic rings. The third-order valence-corrected chi connectivity index (χ3v) is 3.62. The van der Waals surface area contributed by atoms with Gasteiger partial charge in [0.25, 0.3) is 11.8 Å². The van der Waals surface area contributed by atoms with Crippen LogP contribution in [-0.2, 0) is 6.54 Å². The number of carbonyl (C=O) groups is 2. The van der Waals surface area contributed by atoms with E-state index in [0.29, 0.717) is 23.7 Å². The van der Waals surface area contributed by atoms with Gasteiger partial charge in [-0.05, 0) is 35.9 Å². The number of anilines is 1. The van der Waals surface area contributed by atoms with Crippen LogP contribution >= 0.6 is 0 Å². The lowest BCUT2D eigenvalue weighted by Crippen LogP contribution is -2.22. The Balaban J connectivity index is 1.53. The minimum absolute atomic E-state index is 0.227. The van der Waals surface area contributed by atoms with E-state index in [1.165, 1.54) is 19.6 Å². The van der Waals surface area contributed by atoms with E-state index < -0.39 is 0 Å². The summed E-state index contributed by atoms with van der Waals surface area (Å²) in [7, 11) is 1.52. The van der Waals surface area contributed by atoms with Crippen LogP contribution in [0.3, 0.4) is 0 Å². The molecular weight excluding hydrogens is 334 g/mol. The second-order valence-corrected chi connectivity index (χ2v) is 5.40. The summed E-state index contributed by atoms with van der Waals surface area (Å²) in [6, 6.07) is 13.7. The SMILES string of the molecule is COc1ccc(C(=O)NCc2ccc(NC(=O)c3ccco3)cc2)cn1. The minimum Gasteiger partial charge on any atom is -0.481 e. The van der Waals surface area contributed by atoms with Crippen LogP contribution in [-0.4, -0.2) is 23.9 Å². The molecule has 0 bridgehead atoms. The molecule has 0 aliphatic heterocycles. The van der Waals surface area contributed by atoms with Gasteiger partial charge in [-0.3, -0.25) is 9.59 Å². The normalized spacial score (nSPS) is 10.2. The molecule has 3 aromatic rings. The standard InChI is InChI=1S/C19H17N3O4/c1-25-17-9-6-14(12-20-17)18(23)21-11-13-4-7-15(8-5-13)22-19(24)16-3-2-10-26-16/h2-10,12H,11H2,1H3,(H,21,23)(H,22,24). The highest BCUT2D eigenvalue weighted by Crippen LogP contribution is 2.12. The molecule has 2 N–H and O–H groups in total. The zero-order valence-electron chi connectivity index (χ0n) is 14.1. The third-order valence-electron chi connectivity index (χ3n) is 3.62. The smallest absolute Gasteiger partial charge is 0.291 e. The number of pyridine rings is 1. The maximum Gasteiger partial charge on any atom is 0.291 e. The maximum atomic E-state index is 12.1. The number of hydrogen-bond acceptors (Lipinski definition) is 5. The molecule has 0 saturated carbocycles. The first-order chi connectivity index (χ1) is 12.7. The van der Waals surface area contributed by atoms with E-state index in [2.05, 4.69) is 15.6 Å². The lowest BCUT2D eigenvalue weighted by atomic mass is 10.2. The zero-order chi connectivity index (χ0) is 18.4. The second kappa shape index (κ2) is 7.98. The number of hydrogen-bond donors (Lipinski definition) is 2. The van der Waals surface area contributed by atoms with Crippen LogP contribution in [0.4, 0.5) is 5.69 Å². The predicted octanol–water partition coefficient (Wildman–Crippen LogP) is 2.87. The van der Waals surface area contributed by atoms with E-state index in [1.807, 2.05) is 12.1 Å². The molecule has 2 heterocycles. The summed E-state index contributed by atoms with van der Waals surface area (Å²) in [5.74, 6) is 0.154. The molecule has 132 valence electrons. The summed E-state index contributed by atoms with van der Waals surface area (Å²) in [6.45, 7) is 0.358. The van der Waals surface area contributed by atoms with E-state index in [4.69, 9.17) is 9.15 Å². The number of benzene rings is 1. The van der Waals surface area contributed by atoms with Crippen molar-refractivity contribution in [2.75, 3.05) is 12.4 Å². The summed E-state index contributed by atoms with van der Waals surface area (Å²) in [4.78, 5) is 28.0. The highest BCUT2D eigenvalue weighted by Gasteiger charge is 2.09. The van der Waals surface area contributed by atoms with E-state index in [1.54, 1.807) is 36.4 Å². The average molecular weight is 351 g/mol. The Morgan fingerprint density at radius 1 is 1.08 bits per heavy atom. The Bertz CT molecular complexity index is 872. The molecule has 7 nitrogen and oxygen atoms in total. The fourth-order valence-corrected chi connectivity index (χ4v) is 2.23. The van der Waals surface area contributed by atoms with Crippen LogP contribution in [0.5, 0.6) is 5.88 Å². The van der Waals surface area contributed by atoms with Crippen molar-refractivity contribution < 1.29 is 18.7 Å². The first-order valence-corrected chi connectivity index (χ1v) is 7.88. The van der Waals surface area contributed by atoms with Crippen molar-refractivity contribution >= 4 is 17.5 Å². The van der Waals surface area contributed by atoms with Gasteiger partial charge in [-0.1, -0.05) is 12.1 Å². The summed E-state index contributed by atoms with van der Waals surface area (Å²) in [5.41, 5.74) is 1.99. The van der Waals surface area contributed by atoms with Crippen LogP contribution in [0.25, 0.3) is 0 Å². The first kappa shape index (κ1) is 17.2. The van der Waals surface area contributed by atoms with Crippen LogP contribution in [0.2, 0.25) is 0 Å². The van der Waals surface area contributed by atoms with Crippen molar-refractivity contribution in [3.63, 3.8) is 0 Å². The molecule has 0 radical (unpaired) electrons.